The fourth-order valence-corrected chi connectivity index (χ4v) is 0. The second-order valence-corrected chi connectivity index (χ2v) is 0.500. The van der Waals surface area contributed by atoms with E-state index in [0.717, 1.165) is 6.42 Å². The maximum atomic E-state index is 3.49. The van der Waals surface area contributed by atoms with E-state index >= 15 is 0 Å². The van der Waals surface area contributed by atoms with Gasteiger partial charge < -0.3 is 0 Å². The number of rotatable bonds is 0. The molecule has 0 unspecified atom stereocenters. The van der Waals surface area contributed by atoms with Crippen LogP contribution in [0.2, 0.25) is 0 Å². The topological polar surface area (TPSA) is 0 Å². The van der Waals surface area contributed by atoms with Crippen LogP contribution in [0.3, 0.4) is 0 Å². The van der Waals surface area contributed by atoms with Gasteiger partial charge in [0.2, 0.25) is 0 Å². The van der Waals surface area contributed by atoms with E-state index in [1.54, 1.807) is 0 Å². The molecule has 0 spiro atoms. The van der Waals surface area contributed by atoms with Crippen molar-refractivity contribution in [3.63, 3.8) is 0 Å². The molecule has 0 atom stereocenters. The fourth-order valence-electron chi connectivity index (χ4n) is 0. The quantitative estimate of drug-likeness (QED) is 0.387. The molecule has 4 heavy (non-hydrogen) atoms. The van der Waals surface area contributed by atoms with Gasteiger partial charge in [0.25, 0.3) is 0 Å². The van der Waals surface area contributed by atoms with Crippen LogP contribution in [0.5, 0.6) is 0 Å². The Morgan fingerprint density at radius 1 is 1.75 bits per heavy atom. The molecule has 0 aromatic rings. The third-order valence-corrected chi connectivity index (χ3v) is 0. The summed E-state index contributed by atoms with van der Waals surface area (Å²) >= 11 is 0. The van der Waals surface area contributed by atoms with E-state index in [0.29, 0.717) is 0 Å². The molecule has 0 bridgehead atoms. The summed E-state index contributed by atoms with van der Waals surface area (Å²) in [4.78, 5) is 0. The Bertz CT molecular complexity index is 3.25. The van der Waals surface area contributed by atoms with E-state index in [9.17, 15) is 0 Å². The molecule has 1 heteroatoms. The van der Waals surface area contributed by atoms with Gasteiger partial charge in [-0.2, -0.15) is 0 Å². The molecule has 0 saturated carbocycles. The van der Waals surface area contributed by atoms with Crippen LogP contribution in [0.1, 0.15) is 13.3 Å². The van der Waals surface area contributed by atoms with E-state index < -0.39 is 0 Å². The first-order valence-electron chi connectivity index (χ1n) is 1.21. The molecule has 0 nitrogen and oxygen atoms in total. The zero-order valence-corrected chi connectivity index (χ0v) is 2.41. The average Bonchev–Trinajstić information content (AvgIpc) is 0.918. The number of hydrogen-bond donors (Lipinski definition) is 0. The van der Waals surface area contributed by atoms with Crippen molar-refractivity contribution < 1.29 is 0 Å². The first kappa shape index (κ1) is 8.82. The zero-order chi connectivity index (χ0) is 2.71. The zero-order valence-electron chi connectivity index (χ0n) is 2.41. The standard InChI is InChI=1S/C3H7.GeH4/c1-3-2;/h1,3H2,2H3;1H4. The first-order chi connectivity index (χ1) is 1.41. The summed E-state index contributed by atoms with van der Waals surface area (Å²) in [5.41, 5.74) is 0. The predicted octanol–water partition coefficient (Wildman–Crippen LogP) is -0.221. The summed E-state index contributed by atoms with van der Waals surface area (Å²) in [6, 6.07) is 0. The monoisotopic (exact) mass is 121 g/mol. The molecular formula is C3H11Ge. The van der Waals surface area contributed by atoms with E-state index in [-0.39, 0.29) is 17.6 Å². The van der Waals surface area contributed by atoms with Gasteiger partial charge in [-0.25, -0.2) is 0 Å². The molecule has 0 aliphatic heterocycles. The van der Waals surface area contributed by atoms with Crippen LogP contribution in [0.15, 0.2) is 0 Å². The molecule has 27 valence electrons. The van der Waals surface area contributed by atoms with Crippen LogP contribution in [-0.2, 0) is 0 Å². The predicted molar refractivity (Wildman–Crippen MR) is 27.0 cm³/mol. The van der Waals surface area contributed by atoms with Crippen LogP contribution < -0.4 is 0 Å². The van der Waals surface area contributed by atoms with Crippen LogP contribution in [-0.4, -0.2) is 17.6 Å². The van der Waals surface area contributed by atoms with Crippen LogP contribution >= 0.6 is 0 Å². The third kappa shape index (κ3) is 20.5. The molecule has 0 aliphatic rings. The first-order valence-corrected chi connectivity index (χ1v) is 1.21. The Hall–Kier alpha value is 0.543. The van der Waals surface area contributed by atoms with Gasteiger partial charge in [-0.05, 0) is 0 Å². The minimum absolute atomic E-state index is 0. The van der Waals surface area contributed by atoms with Crippen molar-refractivity contribution in [1.82, 2.24) is 0 Å². The normalized spacial score (nSPS) is 4.50. The summed E-state index contributed by atoms with van der Waals surface area (Å²) in [6.45, 7) is 5.50. The molecule has 0 rings (SSSR count). The molecule has 0 amide bonds. The van der Waals surface area contributed by atoms with Gasteiger partial charge >= 0.3 is 17.6 Å². The summed E-state index contributed by atoms with van der Waals surface area (Å²) in [5.74, 6) is 0. The number of hydrogen-bond acceptors (Lipinski definition) is 0. The average molecular weight is 120 g/mol. The third-order valence-electron chi connectivity index (χ3n) is 0. The molecule has 0 aliphatic carbocycles. The Morgan fingerprint density at radius 2 is 1.75 bits per heavy atom. The van der Waals surface area contributed by atoms with Crippen LogP contribution in [0.4, 0.5) is 0 Å². The van der Waals surface area contributed by atoms with Crippen molar-refractivity contribution in [3.05, 3.63) is 6.92 Å². The second kappa shape index (κ2) is 9.62. The second-order valence-electron chi connectivity index (χ2n) is 0.500. The molecule has 0 fully saturated rings. The van der Waals surface area contributed by atoms with Crippen molar-refractivity contribution in [2.45, 2.75) is 13.3 Å². The van der Waals surface area contributed by atoms with E-state index in [1.165, 1.54) is 0 Å². The van der Waals surface area contributed by atoms with Crippen molar-refractivity contribution in [2.75, 3.05) is 0 Å². The molecule has 1 radical (unpaired) electrons. The van der Waals surface area contributed by atoms with Crippen molar-refractivity contribution >= 4 is 17.6 Å². The fraction of sp³-hybridized carbons (Fsp3) is 0.667. The summed E-state index contributed by atoms with van der Waals surface area (Å²) in [6.07, 6.45) is 1.00. The Morgan fingerprint density at radius 3 is 1.75 bits per heavy atom. The maximum absolute atomic E-state index is 3.49. The van der Waals surface area contributed by atoms with E-state index in [1.807, 2.05) is 6.92 Å². The Kier molecular flexibility index (Phi) is 21.2. The van der Waals surface area contributed by atoms with Gasteiger partial charge in [-0.15, -0.1) is 0 Å². The molecule has 0 heterocycles. The van der Waals surface area contributed by atoms with Gasteiger partial charge in [0.05, 0.1) is 0 Å². The van der Waals surface area contributed by atoms with Gasteiger partial charge in [0.15, 0.2) is 0 Å². The minimum atomic E-state index is 0. The van der Waals surface area contributed by atoms with E-state index in [4.69, 9.17) is 0 Å². The summed E-state index contributed by atoms with van der Waals surface area (Å²) < 4.78 is 0. The summed E-state index contributed by atoms with van der Waals surface area (Å²) in [7, 11) is 0. The van der Waals surface area contributed by atoms with Gasteiger partial charge in [0.1, 0.15) is 0 Å². The molecule has 0 N–H and O–H groups in total. The molecule has 0 saturated heterocycles. The van der Waals surface area contributed by atoms with Gasteiger partial charge in [-0.1, -0.05) is 20.3 Å². The molecule has 0 aromatic carbocycles. The van der Waals surface area contributed by atoms with Crippen molar-refractivity contribution in [2.24, 2.45) is 0 Å². The van der Waals surface area contributed by atoms with Gasteiger partial charge in [-0.3, -0.25) is 0 Å². The van der Waals surface area contributed by atoms with Crippen molar-refractivity contribution in [1.29, 1.82) is 0 Å². The van der Waals surface area contributed by atoms with Gasteiger partial charge in [0, 0.05) is 0 Å². The van der Waals surface area contributed by atoms with Crippen LogP contribution in [0, 0.1) is 6.92 Å². The molecular weight excluding hydrogens is 109 g/mol. The Labute approximate surface area is 38.6 Å². The SMILES string of the molecule is [CH2]CC.[GeH4]. The van der Waals surface area contributed by atoms with Crippen molar-refractivity contribution in [3.8, 4) is 0 Å². The van der Waals surface area contributed by atoms with E-state index in [2.05, 4.69) is 6.92 Å². The Balaban J connectivity index is 0. The molecule has 0 aromatic heterocycles. The van der Waals surface area contributed by atoms with Crippen LogP contribution in [0.25, 0.3) is 0 Å². The summed E-state index contributed by atoms with van der Waals surface area (Å²) in [5, 5.41) is 0.